The fraction of sp³-hybridized carbons (Fsp3) is 0.353. The first-order valence-electron chi connectivity index (χ1n) is 14.4. The second-order valence-corrected chi connectivity index (χ2v) is 12.0. The molecule has 2 aliphatic heterocycles. The van der Waals surface area contributed by atoms with Crippen LogP contribution >= 0.6 is 23.2 Å². The van der Waals surface area contributed by atoms with Gasteiger partial charge >= 0.3 is 5.97 Å². The summed E-state index contributed by atoms with van der Waals surface area (Å²) in [6.07, 6.45) is 2.68. The van der Waals surface area contributed by atoms with Gasteiger partial charge in [0.1, 0.15) is 5.82 Å². The third kappa shape index (κ3) is 5.22. The number of fused-ring (bicyclic) bond motifs is 1. The highest BCUT2D eigenvalue weighted by Gasteiger charge is 2.58. The summed E-state index contributed by atoms with van der Waals surface area (Å²) in [4.78, 5) is 28.7. The molecule has 0 bridgehead atoms. The van der Waals surface area contributed by atoms with Crippen LogP contribution in [0.4, 0.5) is 4.39 Å². The van der Waals surface area contributed by atoms with Gasteiger partial charge in [-0.1, -0.05) is 60.5 Å². The summed E-state index contributed by atoms with van der Waals surface area (Å²) in [5.41, 5.74) is -2.43. The lowest BCUT2D eigenvalue weighted by Gasteiger charge is -2.44. The molecular formula is C34H34Cl2FNO6. The van der Waals surface area contributed by atoms with Crippen LogP contribution in [0.15, 0.2) is 73.3 Å². The number of ether oxygens (including phenoxy) is 2. The number of hydrogen-bond acceptors (Lipinski definition) is 5. The molecule has 2 heterocycles. The van der Waals surface area contributed by atoms with E-state index in [1.54, 1.807) is 48.5 Å². The lowest BCUT2D eigenvalue weighted by molar-refractivity contribution is -0.147. The molecule has 7 nitrogen and oxygen atoms in total. The van der Waals surface area contributed by atoms with Crippen molar-refractivity contribution in [1.29, 1.82) is 0 Å². The summed E-state index contributed by atoms with van der Waals surface area (Å²) in [5.74, 6) is -4.23. The minimum Gasteiger partial charge on any atom is -0.481 e. The number of nitrogens with zero attached hydrogens (tertiary/aromatic N) is 1. The number of amides is 1. The van der Waals surface area contributed by atoms with E-state index in [0.717, 1.165) is 0 Å². The van der Waals surface area contributed by atoms with Crippen LogP contribution in [0.2, 0.25) is 10.0 Å². The Morgan fingerprint density at radius 1 is 1.16 bits per heavy atom. The van der Waals surface area contributed by atoms with Crippen LogP contribution in [0.25, 0.3) is 0 Å². The van der Waals surface area contributed by atoms with Crippen molar-refractivity contribution in [2.24, 2.45) is 11.8 Å². The number of carbonyl (C=O) groups is 2. The highest BCUT2D eigenvalue weighted by Crippen LogP contribution is 2.53. The Kier molecular flexibility index (Phi) is 9.21. The number of halogens is 3. The molecule has 5 rings (SSSR count). The summed E-state index contributed by atoms with van der Waals surface area (Å²) in [7, 11) is 1.34. The van der Waals surface area contributed by atoms with Crippen LogP contribution in [-0.4, -0.2) is 47.3 Å². The Hall–Kier alpha value is -3.27. The van der Waals surface area contributed by atoms with Gasteiger partial charge in [0.05, 0.1) is 28.7 Å². The van der Waals surface area contributed by atoms with E-state index in [-0.39, 0.29) is 29.0 Å². The number of carbonyl (C=O) groups excluding carboxylic acids is 1. The number of aliphatic hydroxyl groups is 1. The predicted octanol–water partition coefficient (Wildman–Crippen LogP) is 7.09. The Bertz CT molecular complexity index is 1560. The van der Waals surface area contributed by atoms with Crippen molar-refractivity contribution >= 4 is 35.1 Å². The summed E-state index contributed by atoms with van der Waals surface area (Å²) in [6.45, 7) is 6.51. The topological polar surface area (TPSA) is 96.3 Å². The summed E-state index contributed by atoms with van der Waals surface area (Å²) >= 11 is 12.4. The van der Waals surface area contributed by atoms with E-state index in [2.05, 4.69) is 6.58 Å². The van der Waals surface area contributed by atoms with Crippen molar-refractivity contribution in [2.75, 3.05) is 20.3 Å². The van der Waals surface area contributed by atoms with Gasteiger partial charge in [-0.25, -0.2) is 4.39 Å². The van der Waals surface area contributed by atoms with Crippen LogP contribution in [0.1, 0.15) is 64.8 Å². The van der Waals surface area contributed by atoms with Gasteiger partial charge in [0.2, 0.25) is 0 Å². The van der Waals surface area contributed by atoms with E-state index in [9.17, 15) is 19.8 Å². The minimum atomic E-state index is -1.91. The normalized spacial score (nSPS) is 21.4. The van der Waals surface area contributed by atoms with Gasteiger partial charge < -0.3 is 19.7 Å². The molecule has 1 saturated heterocycles. The third-order valence-corrected chi connectivity index (χ3v) is 9.56. The number of carboxylic acids is 1. The molecule has 0 aliphatic carbocycles. The van der Waals surface area contributed by atoms with Gasteiger partial charge in [-0.15, -0.1) is 6.58 Å². The molecule has 232 valence electrons. The van der Waals surface area contributed by atoms with Gasteiger partial charge in [-0.2, -0.15) is 0 Å². The fourth-order valence-corrected chi connectivity index (χ4v) is 7.06. The number of methoxy groups -OCH3 is 1. The van der Waals surface area contributed by atoms with Crippen LogP contribution < -0.4 is 0 Å². The highest BCUT2D eigenvalue weighted by atomic mass is 35.5. The quantitative estimate of drug-likeness (QED) is 0.230. The van der Waals surface area contributed by atoms with E-state index >= 15 is 4.39 Å². The molecule has 0 spiro atoms. The van der Waals surface area contributed by atoms with Crippen molar-refractivity contribution in [2.45, 2.75) is 43.6 Å². The molecule has 2 aliphatic rings. The maximum absolute atomic E-state index is 16.8. The Balaban J connectivity index is 1.81. The molecule has 1 amide bonds. The molecule has 0 unspecified atom stereocenters. The Morgan fingerprint density at radius 3 is 2.27 bits per heavy atom. The van der Waals surface area contributed by atoms with Gasteiger partial charge in [0.25, 0.3) is 5.91 Å². The minimum absolute atomic E-state index is 0.0390. The zero-order chi connectivity index (χ0) is 31.8. The number of hydrogen-bond donors (Lipinski definition) is 2. The summed E-state index contributed by atoms with van der Waals surface area (Å²) < 4.78 is 28.4. The molecule has 2 N–H and O–H groups in total. The molecule has 44 heavy (non-hydrogen) atoms. The van der Waals surface area contributed by atoms with Gasteiger partial charge in [-0.05, 0) is 72.7 Å². The fourth-order valence-electron chi connectivity index (χ4n) is 6.81. The molecule has 1 fully saturated rings. The average molecular weight is 643 g/mol. The van der Waals surface area contributed by atoms with Crippen molar-refractivity contribution in [3.8, 4) is 0 Å². The van der Waals surface area contributed by atoms with Gasteiger partial charge in [0, 0.05) is 35.9 Å². The number of rotatable bonds is 10. The number of carboxylic acid groups (broad SMARTS) is 1. The smallest absolute Gasteiger partial charge is 0.312 e. The number of aliphatic carboxylic acids is 1. The monoisotopic (exact) mass is 641 g/mol. The largest absolute Gasteiger partial charge is 0.481 e. The average Bonchev–Trinajstić information content (AvgIpc) is 3.29. The molecule has 0 saturated carbocycles. The highest BCUT2D eigenvalue weighted by molar-refractivity contribution is 6.30. The van der Waals surface area contributed by atoms with E-state index in [1.165, 1.54) is 30.2 Å². The van der Waals surface area contributed by atoms with E-state index in [1.807, 2.05) is 6.92 Å². The first-order chi connectivity index (χ1) is 21.0. The van der Waals surface area contributed by atoms with Crippen molar-refractivity contribution in [3.05, 3.63) is 117 Å². The lowest BCUT2D eigenvalue weighted by Crippen LogP contribution is -2.51. The molecule has 0 radical (unpaired) electrons. The first-order valence-corrected chi connectivity index (χ1v) is 15.2. The standard InChI is InChI=1S/C34H34Cl2FNO6/c1-4-26(32(40)41)30(20-6-10-24(35)11-7-20)38-31(39)27-18-23(33(42,5-2)21-14-16-44-17-15-21)19-28(37)29(27)34(38,43-3)22-8-12-25(36)13-9-22/h4,6-13,18-19,21,26,30,42H,1,5,14-17H2,2-3H3,(H,40,41)/t26-,30+,33-,34+/m0/s1. The van der Waals surface area contributed by atoms with E-state index in [4.69, 9.17) is 32.7 Å². The summed E-state index contributed by atoms with van der Waals surface area (Å²) in [6, 6.07) is 14.4. The van der Waals surface area contributed by atoms with Crippen LogP contribution in [-0.2, 0) is 25.6 Å². The van der Waals surface area contributed by atoms with E-state index in [0.29, 0.717) is 47.2 Å². The second kappa shape index (κ2) is 12.6. The summed E-state index contributed by atoms with van der Waals surface area (Å²) in [5, 5.41) is 23.1. The van der Waals surface area contributed by atoms with Crippen LogP contribution in [0.5, 0.6) is 0 Å². The maximum Gasteiger partial charge on any atom is 0.312 e. The van der Waals surface area contributed by atoms with E-state index < -0.39 is 41.0 Å². The lowest BCUT2D eigenvalue weighted by atomic mass is 9.74. The molecule has 0 aromatic heterocycles. The Labute approximate surface area is 265 Å². The second-order valence-electron chi connectivity index (χ2n) is 11.2. The SMILES string of the molecule is C=C[C@H](C(=O)O)[C@@H](c1ccc(Cl)cc1)N1C(=O)c2cc([C@](O)(CC)C3CCOCC3)cc(F)c2[C@]1(OC)c1ccc(Cl)cc1. The van der Waals surface area contributed by atoms with Crippen LogP contribution in [0.3, 0.4) is 0 Å². The van der Waals surface area contributed by atoms with Gasteiger partial charge in [-0.3, -0.25) is 14.5 Å². The number of benzene rings is 3. The molecule has 3 aromatic carbocycles. The third-order valence-electron chi connectivity index (χ3n) is 9.05. The molecular weight excluding hydrogens is 608 g/mol. The molecule has 10 heteroatoms. The molecule has 3 aromatic rings. The first kappa shape index (κ1) is 32.1. The maximum atomic E-state index is 16.8. The zero-order valence-electron chi connectivity index (χ0n) is 24.4. The van der Waals surface area contributed by atoms with Crippen LogP contribution in [0, 0.1) is 17.7 Å². The molecule has 4 atom stereocenters. The van der Waals surface area contributed by atoms with Crippen molar-refractivity contribution < 1.29 is 33.7 Å². The Morgan fingerprint density at radius 2 is 1.75 bits per heavy atom. The predicted molar refractivity (Wildman–Crippen MR) is 165 cm³/mol. The van der Waals surface area contributed by atoms with Gasteiger partial charge in [0.15, 0.2) is 5.72 Å². The van der Waals surface area contributed by atoms with Crippen molar-refractivity contribution in [1.82, 2.24) is 4.90 Å². The zero-order valence-corrected chi connectivity index (χ0v) is 25.9. The van der Waals surface area contributed by atoms with Crippen molar-refractivity contribution in [3.63, 3.8) is 0 Å².